The van der Waals surface area contributed by atoms with Gasteiger partial charge in [-0.1, -0.05) is 18.6 Å². The number of aromatic nitrogens is 3. The van der Waals surface area contributed by atoms with E-state index in [1.54, 1.807) is 12.1 Å². The minimum Gasteiger partial charge on any atom is -0.249 e. The number of hydrogen-bond donors (Lipinski definition) is 0. The van der Waals surface area contributed by atoms with Crippen LogP contribution in [0, 0.1) is 5.82 Å². The highest BCUT2D eigenvalue weighted by atomic mass is 32.2. The molecule has 3 heterocycles. The molecule has 1 aliphatic heterocycles. The Hall–Kier alpha value is -2.52. The number of halogens is 1. The lowest BCUT2D eigenvalue weighted by molar-refractivity contribution is 0.346. The van der Waals surface area contributed by atoms with E-state index in [-0.39, 0.29) is 17.3 Å². The zero-order valence-corrected chi connectivity index (χ0v) is 15.4. The van der Waals surface area contributed by atoms with Gasteiger partial charge in [-0.25, -0.2) is 26.7 Å². The van der Waals surface area contributed by atoms with Crippen molar-refractivity contribution in [3.8, 4) is 0 Å². The quantitative estimate of drug-likeness (QED) is 0.681. The molecule has 0 radical (unpaired) electrons. The summed E-state index contributed by atoms with van der Waals surface area (Å²) in [6.45, 7) is 1.17. The molecule has 1 aromatic carbocycles. The van der Waals surface area contributed by atoms with Crippen molar-refractivity contribution in [2.75, 3.05) is 13.1 Å². The zero-order chi connectivity index (χ0) is 19.0. The molecule has 0 aliphatic carbocycles. The molecule has 0 amide bonds. The summed E-state index contributed by atoms with van der Waals surface area (Å²) >= 11 is 0. The molecule has 1 fully saturated rings. The lowest BCUT2D eigenvalue weighted by atomic mass is 10.2. The molecule has 0 saturated carbocycles. The van der Waals surface area contributed by atoms with E-state index < -0.39 is 15.7 Å². The number of pyridine rings is 1. The maximum Gasteiger partial charge on any atom is 0.350 e. The average molecular weight is 390 g/mol. The lowest BCUT2D eigenvalue weighted by Crippen LogP contribution is -2.35. The summed E-state index contributed by atoms with van der Waals surface area (Å²) in [5.74, 6) is -0.353. The third kappa shape index (κ3) is 3.40. The lowest BCUT2D eigenvalue weighted by Gasteiger charge is -2.25. The van der Waals surface area contributed by atoms with Gasteiger partial charge in [0.1, 0.15) is 5.82 Å². The molecule has 4 rings (SSSR count). The highest BCUT2D eigenvalue weighted by molar-refractivity contribution is 7.89. The van der Waals surface area contributed by atoms with Gasteiger partial charge in [-0.2, -0.15) is 4.31 Å². The van der Waals surface area contributed by atoms with Crippen LogP contribution in [0.2, 0.25) is 0 Å². The number of benzene rings is 1. The molecule has 0 atom stereocenters. The Balaban J connectivity index is 1.69. The highest BCUT2D eigenvalue weighted by Gasteiger charge is 2.26. The Labute approximate surface area is 155 Å². The third-order valence-electron chi connectivity index (χ3n) is 4.75. The van der Waals surface area contributed by atoms with E-state index >= 15 is 0 Å². The van der Waals surface area contributed by atoms with Crippen LogP contribution >= 0.6 is 0 Å². The molecule has 2 aromatic heterocycles. The summed E-state index contributed by atoms with van der Waals surface area (Å²) in [7, 11) is -3.63. The smallest absolute Gasteiger partial charge is 0.249 e. The normalized spacial score (nSPS) is 16.0. The van der Waals surface area contributed by atoms with Crippen molar-refractivity contribution in [2.45, 2.75) is 30.7 Å². The van der Waals surface area contributed by atoms with Crippen LogP contribution in [0.5, 0.6) is 0 Å². The van der Waals surface area contributed by atoms with Gasteiger partial charge in [-0.05, 0) is 42.7 Å². The van der Waals surface area contributed by atoms with Gasteiger partial charge < -0.3 is 0 Å². The van der Waals surface area contributed by atoms with Gasteiger partial charge in [-0.15, -0.1) is 5.10 Å². The van der Waals surface area contributed by atoms with Crippen molar-refractivity contribution < 1.29 is 12.8 Å². The predicted octanol–water partition coefficient (Wildman–Crippen LogP) is 1.86. The van der Waals surface area contributed by atoms with Crippen molar-refractivity contribution in [2.24, 2.45) is 0 Å². The molecule has 1 aliphatic rings. The number of rotatable bonds is 4. The van der Waals surface area contributed by atoms with E-state index in [0.717, 1.165) is 24.8 Å². The van der Waals surface area contributed by atoms with Gasteiger partial charge in [0.25, 0.3) is 0 Å². The van der Waals surface area contributed by atoms with Crippen LogP contribution < -0.4 is 5.69 Å². The second-order valence-electron chi connectivity index (χ2n) is 6.62. The minimum atomic E-state index is -3.63. The van der Waals surface area contributed by atoms with Gasteiger partial charge >= 0.3 is 5.69 Å². The van der Waals surface area contributed by atoms with Crippen molar-refractivity contribution in [1.82, 2.24) is 18.5 Å². The Morgan fingerprint density at radius 3 is 2.41 bits per heavy atom. The second-order valence-corrected chi connectivity index (χ2v) is 8.56. The van der Waals surface area contributed by atoms with Crippen molar-refractivity contribution >= 4 is 15.7 Å². The fourth-order valence-electron chi connectivity index (χ4n) is 3.27. The van der Waals surface area contributed by atoms with Crippen LogP contribution in [0.3, 0.4) is 0 Å². The molecule has 142 valence electrons. The molecular weight excluding hydrogens is 371 g/mol. The monoisotopic (exact) mass is 390 g/mol. The van der Waals surface area contributed by atoms with Gasteiger partial charge in [0.15, 0.2) is 5.65 Å². The summed E-state index contributed by atoms with van der Waals surface area (Å²) in [4.78, 5) is 12.7. The van der Waals surface area contributed by atoms with E-state index in [1.807, 2.05) is 0 Å². The van der Waals surface area contributed by atoms with Crippen molar-refractivity contribution in [1.29, 1.82) is 0 Å². The molecule has 0 N–H and O–H groups in total. The average Bonchev–Trinajstić information content (AvgIpc) is 2.99. The topological polar surface area (TPSA) is 76.7 Å². The fraction of sp³-hybridized carbons (Fsp3) is 0.333. The summed E-state index contributed by atoms with van der Waals surface area (Å²) in [6, 6.07) is 8.81. The number of nitrogens with zero attached hydrogens (tertiary/aromatic N) is 4. The van der Waals surface area contributed by atoms with Gasteiger partial charge in [0.05, 0.1) is 11.4 Å². The maximum atomic E-state index is 13.0. The van der Waals surface area contributed by atoms with Gasteiger partial charge in [-0.3, -0.25) is 0 Å². The standard InChI is InChI=1S/C18H19FN4O3S/c19-15-6-4-14(5-7-15)12-23-18(24)22-13-16(8-9-17(22)20-23)27(25,26)21-10-2-1-3-11-21/h4-9,13H,1-3,10-12H2. The van der Waals surface area contributed by atoms with Crippen molar-refractivity contribution in [3.05, 3.63) is 64.5 Å². The number of sulfonamides is 1. The largest absolute Gasteiger partial charge is 0.350 e. The predicted molar refractivity (Wildman–Crippen MR) is 97.6 cm³/mol. The minimum absolute atomic E-state index is 0.0836. The molecule has 0 spiro atoms. The first-order valence-electron chi connectivity index (χ1n) is 8.79. The molecule has 27 heavy (non-hydrogen) atoms. The number of piperidine rings is 1. The molecule has 1 saturated heterocycles. The second kappa shape index (κ2) is 6.90. The van der Waals surface area contributed by atoms with Crippen LogP contribution in [0.1, 0.15) is 24.8 Å². The van der Waals surface area contributed by atoms with Crippen molar-refractivity contribution in [3.63, 3.8) is 0 Å². The zero-order valence-electron chi connectivity index (χ0n) is 14.6. The molecule has 0 unspecified atom stereocenters. The van der Waals surface area contributed by atoms with Crippen LogP contribution in [-0.2, 0) is 16.6 Å². The molecule has 7 nitrogen and oxygen atoms in total. The SMILES string of the molecule is O=c1n(Cc2ccc(F)cc2)nc2ccc(S(=O)(=O)N3CCCCC3)cn12. The Kier molecular flexibility index (Phi) is 4.56. The number of fused-ring (bicyclic) bond motifs is 1. The first kappa shape index (κ1) is 17.9. The Morgan fingerprint density at radius 1 is 1.00 bits per heavy atom. The van der Waals surface area contributed by atoms with Crippen LogP contribution in [0.4, 0.5) is 4.39 Å². The molecule has 3 aromatic rings. The fourth-order valence-corrected chi connectivity index (χ4v) is 4.79. The summed E-state index contributed by atoms with van der Waals surface area (Å²) in [5, 5.41) is 4.23. The van der Waals surface area contributed by atoms with E-state index in [9.17, 15) is 17.6 Å². The number of hydrogen-bond acceptors (Lipinski definition) is 4. The third-order valence-corrected chi connectivity index (χ3v) is 6.63. The van der Waals surface area contributed by atoms with Gasteiger partial charge in [0, 0.05) is 19.3 Å². The van der Waals surface area contributed by atoms with E-state index in [2.05, 4.69) is 5.10 Å². The first-order chi connectivity index (χ1) is 12.9. The van der Waals surface area contributed by atoms with E-state index in [4.69, 9.17) is 0 Å². The van der Waals surface area contributed by atoms with Crippen LogP contribution in [0.25, 0.3) is 5.65 Å². The Bertz CT molecular complexity index is 1130. The molecule has 0 bridgehead atoms. The van der Waals surface area contributed by atoms with E-state index in [0.29, 0.717) is 18.7 Å². The first-order valence-corrected chi connectivity index (χ1v) is 10.2. The highest BCUT2D eigenvalue weighted by Crippen LogP contribution is 2.20. The summed E-state index contributed by atoms with van der Waals surface area (Å²) in [6.07, 6.45) is 4.05. The maximum absolute atomic E-state index is 13.0. The molecular formula is C18H19FN4O3S. The summed E-state index contributed by atoms with van der Waals surface area (Å²) in [5.41, 5.74) is 0.646. The Morgan fingerprint density at radius 2 is 1.70 bits per heavy atom. The van der Waals surface area contributed by atoms with Gasteiger partial charge in [0.2, 0.25) is 10.0 Å². The summed E-state index contributed by atoms with van der Waals surface area (Å²) < 4.78 is 42.6. The van der Waals surface area contributed by atoms with Crippen LogP contribution in [0.15, 0.2) is 52.3 Å². The van der Waals surface area contributed by atoms with Crippen LogP contribution in [-0.4, -0.2) is 40.0 Å². The van der Waals surface area contributed by atoms with E-state index in [1.165, 1.54) is 43.9 Å². The molecule has 9 heteroatoms.